The maximum atomic E-state index is 13.7. The molecule has 0 bridgehead atoms. The highest BCUT2D eigenvalue weighted by Crippen LogP contribution is 2.31. The Hall–Kier alpha value is -3.68. The molecule has 0 saturated heterocycles. The third-order valence-corrected chi connectivity index (χ3v) is 6.33. The number of aryl methyl sites for hydroxylation is 1. The fourth-order valence-corrected chi connectivity index (χ4v) is 4.29. The normalized spacial score (nSPS) is 17.6. The van der Waals surface area contributed by atoms with E-state index in [2.05, 4.69) is 10.5 Å². The van der Waals surface area contributed by atoms with E-state index >= 15 is 0 Å². The minimum absolute atomic E-state index is 0.0335. The second-order valence-corrected chi connectivity index (χ2v) is 8.84. The molecule has 1 N–H and O–H groups in total. The van der Waals surface area contributed by atoms with Crippen LogP contribution in [0.15, 0.2) is 53.1 Å². The molecule has 0 aliphatic heterocycles. The summed E-state index contributed by atoms with van der Waals surface area (Å²) in [6, 6.07) is 13.6. The Bertz CT molecular complexity index is 1170. The van der Waals surface area contributed by atoms with Gasteiger partial charge in [-0.2, -0.15) is 0 Å². The molecule has 1 saturated carbocycles. The van der Waals surface area contributed by atoms with E-state index in [4.69, 9.17) is 14.0 Å². The number of carbonyl (C=O) groups excluding carboxylic acids is 2. The summed E-state index contributed by atoms with van der Waals surface area (Å²) in [5, 5.41) is 6.71. The quantitative estimate of drug-likeness (QED) is 0.442. The molecule has 0 unspecified atom stereocenters. The summed E-state index contributed by atoms with van der Waals surface area (Å²) in [6.45, 7) is 3.42. The molecule has 1 fully saturated rings. The maximum Gasteiger partial charge on any atom is 0.407 e. The van der Waals surface area contributed by atoms with Crippen LogP contribution >= 0.6 is 0 Å². The highest BCUT2D eigenvalue weighted by Gasteiger charge is 2.26. The van der Waals surface area contributed by atoms with E-state index in [9.17, 15) is 14.0 Å². The fraction of sp³-hybridized carbons (Fsp3) is 0.370. The smallest absolute Gasteiger partial charge is 0.407 e. The molecule has 0 spiro atoms. The van der Waals surface area contributed by atoms with Crippen molar-refractivity contribution >= 4 is 11.9 Å². The molecule has 1 aromatic heterocycles. The van der Waals surface area contributed by atoms with Gasteiger partial charge in [0.25, 0.3) is 0 Å². The number of rotatable bonds is 8. The summed E-state index contributed by atoms with van der Waals surface area (Å²) in [5.41, 5.74) is 2.46. The number of benzene rings is 2. The molecule has 3 aromatic rings. The first kappa shape index (κ1) is 24.4. The summed E-state index contributed by atoms with van der Waals surface area (Å²) in [7, 11) is 0. The number of amides is 1. The fourth-order valence-electron chi connectivity index (χ4n) is 4.29. The number of nitrogens with one attached hydrogen (secondary N) is 1. The van der Waals surface area contributed by atoms with Crippen LogP contribution < -0.4 is 10.1 Å². The molecule has 35 heavy (non-hydrogen) atoms. The van der Waals surface area contributed by atoms with Crippen molar-refractivity contribution in [3.63, 3.8) is 0 Å². The van der Waals surface area contributed by atoms with Gasteiger partial charge < -0.3 is 19.3 Å². The molecule has 2 aromatic carbocycles. The van der Waals surface area contributed by atoms with E-state index in [-0.39, 0.29) is 31.0 Å². The van der Waals surface area contributed by atoms with Crippen LogP contribution in [-0.2, 0) is 22.7 Å². The van der Waals surface area contributed by atoms with Gasteiger partial charge >= 0.3 is 6.09 Å². The molecule has 1 heterocycles. The summed E-state index contributed by atoms with van der Waals surface area (Å²) in [6.07, 6.45) is 2.98. The Morgan fingerprint density at radius 1 is 1.14 bits per heavy atom. The van der Waals surface area contributed by atoms with Gasteiger partial charge in [-0.25, -0.2) is 9.18 Å². The van der Waals surface area contributed by atoms with Crippen LogP contribution in [-0.4, -0.2) is 23.1 Å². The number of ketones is 1. The van der Waals surface area contributed by atoms with Crippen LogP contribution in [0, 0.1) is 18.7 Å². The third kappa shape index (κ3) is 6.26. The predicted molar refractivity (Wildman–Crippen MR) is 127 cm³/mol. The summed E-state index contributed by atoms with van der Waals surface area (Å²) in [4.78, 5) is 23.9. The molecule has 184 valence electrons. The molecule has 7 nitrogen and oxygen atoms in total. The van der Waals surface area contributed by atoms with Crippen molar-refractivity contribution in [2.45, 2.75) is 58.8 Å². The lowest BCUT2D eigenvalue weighted by Crippen LogP contribution is -2.28. The second kappa shape index (κ2) is 11.2. The van der Waals surface area contributed by atoms with Gasteiger partial charge in [0.1, 0.15) is 24.0 Å². The van der Waals surface area contributed by atoms with E-state index in [1.165, 1.54) is 6.07 Å². The SMILES string of the molecule is CC(=O)[C@@H]1CCC[C@@H](Oc2ccc(-c3onc(C)c3CNC(=O)OCc3ccccc3F)cc2)C1. The lowest BCUT2D eigenvalue weighted by Gasteiger charge is -2.28. The molecule has 2 atom stereocenters. The monoisotopic (exact) mass is 480 g/mol. The molecule has 4 rings (SSSR count). The largest absolute Gasteiger partial charge is 0.490 e. The van der Waals surface area contributed by atoms with Crippen LogP contribution in [0.3, 0.4) is 0 Å². The Kier molecular flexibility index (Phi) is 7.80. The molecule has 8 heteroatoms. The lowest BCUT2D eigenvalue weighted by atomic mass is 9.85. The third-order valence-electron chi connectivity index (χ3n) is 6.33. The van der Waals surface area contributed by atoms with Gasteiger partial charge in [-0.1, -0.05) is 23.4 Å². The van der Waals surface area contributed by atoms with Gasteiger partial charge in [-0.3, -0.25) is 4.79 Å². The van der Waals surface area contributed by atoms with Crippen molar-refractivity contribution in [2.75, 3.05) is 0 Å². The first-order valence-corrected chi connectivity index (χ1v) is 11.8. The highest BCUT2D eigenvalue weighted by molar-refractivity contribution is 5.78. The molecule has 1 aliphatic carbocycles. The van der Waals surface area contributed by atoms with Crippen molar-refractivity contribution in [1.82, 2.24) is 10.5 Å². The van der Waals surface area contributed by atoms with Crippen molar-refractivity contribution in [1.29, 1.82) is 0 Å². The molecule has 1 amide bonds. The number of hydrogen-bond donors (Lipinski definition) is 1. The van der Waals surface area contributed by atoms with Crippen molar-refractivity contribution < 1.29 is 28.0 Å². The molecule has 0 radical (unpaired) electrons. The lowest BCUT2D eigenvalue weighted by molar-refractivity contribution is -0.122. The van der Waals surface area contributed by atoms with Crippen molar-refractivity contribution in [3.8, 4) is 17.1 Å². The zero-order chi connectivity index (χ0) is 24.8. The van der Waals surface area contributed by atoms with Gasteiger partial charge in [-0.15, -0.1) is 0 Å². The van der Waals surface area contributed by atoms with Crippen LogP contribution in [0.25, 0.3) is 11.3 Å². The van der Waals surface area contributed by atoms with Crippen molar-refractivity contribution in [3.05, 3.63) is 71.2 Å². The predicted octanol–water partition coefficient (Wildman–Crippen LogP) is 5.74. The Morgan fingerprint density at radius 3 is 2.66 bits per heavy atom. The number of ether oxygens (including phenoxy) is 2. The minimum Gasteiger partial charge on any atom is -0.490 e. The number of nitrogens with zero attached hydrogens (tertiary/aromatic N) is 1. The first-order chi connectivity index (χ1) is 16.9. The number of hydrogen-bond acceptors (Lipinski definition) is 6. The van der Waals surface area contributed by atoms with Gasteiger partial charge in [0.2, 0.25) is 0 Å². The van der Waals surface area contributed by atoms with Gasteiger partial charge in [-0.05, 0) is 69.9 Å². The molecular formula is C27H29FN2O5. The van der Waals surface area contributed by atoms with E-state index in [0.717, 1.165) is 42.6 Å². The number of carbonyl (C=O) groups is 2. The zero-order valence-corrected chi connectivity index (χ0v) is 19.9. The van der Waals surface area contributed by atoms with E-state index in [1.807, 2.05) is 24.3 Å². The number of Topliss-reactive ketones (excluding diaryl/α,β-unsaturated/α-hetero) is 1. The molecule has 1 aliphatic rings. The van der Waals surface area contributed by atoms with Crippen LogP contribution in [0.4, 0.5) is 9.18 Å². The van der Waals surface area contributed by atoms with Crippen molar-refractivity contribution in [2.24, 2.45) is 5.92 Å². The number of halogens is 1. The van der Waals surface area contributed by atoms with Gasteiger partial charge in [0.05, 0.1) is 18.3 Å². The van der Waals surface area contributed by atoms with E-state index in [0.29, 0.717) is 17.0 Å². The zero-order valence-electron chi connectivity index (χ0n) is 19.9. The van der Waals surface area contributed by atoms with Crippen LogP contribution in [0.5, 0.6) is 5.75 Å². The van der Waals surface area contributed by atoms with Gasteiger partial charge in [0.15, 0.2) is 5.76 Å². The topological polar surface area (TPSA) is 90.7 Å². The van der Waals surface area contributed by atoms with Crippen LogP contribution in [0.1, 0.15) is 49.4 Å². The average molecular weight is 481 g/mol. The number of aromatic nitrogens is 1. The highest BCUT2D eigenvalue weighted by atomic mass is 19.1. The maximum absolute atomic E-state index is 13.7. The number of alkyl carbamates (subject to hydrolysis) is 1. The second-order valence-electron chi connectivity index (χ2n) is 8.84. The van der Waals surface area contributed by atoms with Crippen LogP contribution in [0.2, 0.25) is 0 Å². The minimum atomic E-state index is -0.667. The first-order valence-electron chi connectivity index (χ1n) is 11.8. The van der Waals surface area contributed by atoms with E-state index < -0.39 is 11.9 Å². The Labute approximate surface area is 203 Å². The summed E-state index contributed by atoms with van der Waals surface area (Å²) < 4.78 is 30.5. The Morgan fingerprint density at radius 2 is 1.91 bits per heavy atom. The Balaban J connectivity index is 1.35. The molecular weight excluding hydrogens is 451 g/mol. The average Bonchev–Trinajstić information content (AvgIpc) is 3.23. The van der Waals surface area contributed by atoms with Gasteiger partial charge in [0, 0.05) is 22.6 Å². The summed E-state index contributed by atoms with van der Waals surface area (Å²) >= 11 is 0. The van der Waals surface area contributed by atoms with E-state index in [1.54, 1.807) is 32.0 Å². The summed E-state index contributed by atoms with van der Waals surface area (Å²) in [5.74, 6) is 1.16. The standard InChI is InChI=1S/C27H29FN2O5/c1-17-24(15-29-27(32)33-16-21-6-3-4-9-25(21)28)26(35-30-17)19-10-12-22(13-11-19)34-23-8-5-7-20(14-23)18(2)31/h3-4,6,9-13,20,23H,5,7-8,14-16H2,1-2H3,(H,29,32)/t20-,23-/m1/s1.